The monoisotopic (exact) mass is 515 g/mol. The Bertz CT molecular complexity index is 1300. The molecule has 5 rings (SSSR count). The summed E-state index contributed by atoms with van der Waals surface area (Å²) in [6, 6.07) is 8.02. The minimum Gasteiger partial charge on any atom is -0.458 e. The smallest absolute Gasteiger partial charge is 0.303 e. The Balaban J connectivity index is 1.69. The van der Waals surface area contributed by atoms with Gasteiger partial charge in [0, 0.05) is 24.9 Å². The fraction of sp³-hybridized carbons (Fsp3) is 0.531. The third kappa shape index (κ3) is 4.12. The van der Waals surface area contributed by atoms with Crippen LogP contribution in [-0.4, -0.2) is 35.9 Å². The molecule has 2 fully saturated rings. The van der Waals surface area contributed by atoms with E-state index in [9.17, 15) is 19.5 Å². The van der Waals surface area contributed by atoms with Crippen LogP contribution in [0.4, 0.5) is 5.69 Å². The molecule has 0 aromatic heterocycles. The summed E-state index contributed by atoms with van der Waals surface area (Å²) in [7, 11) is 0. The van der Waals surface area contributed by atoms with Crippen LogP contribution in [-0.2, 0) is 19.1 Å². The van der Waals surface area contributed by atoms with Crippen molar-refractivity contribution in [1.29, 1.82) is 0 Å². The standard InChI is InChI=1S/C32H37NO5/c1-19-15-26-28-11-13-32(12-4-14-34,29(37)18-38-20(2)35)31(28,3)17-27(21-5-7-22(33)8-6-21)30(26)24-10-9-23(36)16-25(19)24/h5-8,16,19,26-28,34H,9-11,13-15,17-18,33H2,1-3H3/t19?,26-,27+,28-,31-,32+/m0/s1. The molecular weight excluding hydrogens is 478 g/mol. The van der Waals surface area contributed by atoms with Crippen LogP contribution in [0, 0.1) is 40.4 Å². The lowest BCUT2D eigenvalue weighted by Crippen LogP contribution is -2.52. The number of ether oxygens (including phenoxy) is 1. The van der Waals surface area contributed by atoms with Crippen LogP contribution in [0.5, 0.6) is 0 Å². The molecule has 0 saturated heterocycles. The van der Waals surface area contributed by atoms with Gasteiger partial charge in [0.1, 0.15) is 6.61 Å². The van der Waals surface area contributed by atoms with Crippen molar-refractivity contribution in [2.45, 2.75) is 65.2 Å². The quantitative estimate of drug-likeness (QED) is 0.347. The Morgan fingerprint density at radius 1 is 1.21 bits per heavy atom. The van der Waals surface area contributed by atoms with Crippen molar-refractivity contribution < 1.29 is 24.2 Å². The van der Waals surface area contributed by atoms with Crippen LogP contribution >= 0.6 is 0 Å². The van der Waals surface area contributed by atoms with Gasteiger partial charge in [-0.1, -0.05) is 43.4 Å². The number of fused-ring (bicyclic) bond motifs is 4. The van der Waals surface area contributed by atoms with Gasteiger partial charge >= 0.3 is 5.97 Å². The second-order valence-corrected chi connectivity index (χ2v) is 11.8. The summed E-state index contributed by atoms with van der Waals surface area (Å²) in [4.78, 5) is 37.9. The molecule has 0 heterocycles. The lowest BCUT2D eigenvalue weighted by molar-refractivity contribution is -0.150. The molecule has 2 saturated carbocycles. The lowest BCUT2D eigenvalue weighted by Gasteiger charge is -2.55. The van der Waals surface area contributed by atoms with Gasteiger partial charge in [-0.15, -0.1) is 0 Å². The molecule has 0 amide bonds. The number of rotatable bonds is 4. The number of Topliss-reactive ketones (excluding diaryl/α,β-unsaturated/α-hetero) is 1. The van der Waals surface area contributed by atoms with E-state index < -0.39 is 16.8 Å². The molecule has 0 radical (unpaired) electrons. The Kier molecular flexibility index (Phi) is 6.86. The highest BCUT2D eigenvalue weighted by Gasteiger charge is 2.65. The van der Waals surface area contributed by atoms with Gasteiger partial charge in [-0.25, -0.2) is 0 Å². The van der Waals surface area contributed by atoms with Crippen molar-refractivity contribution in [2.75, 3.05) is 18.9 Å². The predicted molar refractivity (Wildman–Crippen MR) is 145 cm³/mol. The van der Waals surface area contributed by atoms with Gasteiger partial charge < -0.3 is 15.6 Å². The number of hydrogen-bond acceptors (Lipinski definition) is 6. The molecule has 200 valence electrons. The second-order valence-electron chi connectivity index (χ2n) is 11.8. The topological polar surface area (TPSA) is 107 Å². The first kappa shape index (κ1) is 26.4. The average molecular weight is 516 g/mol. The summed E-state index contributed by atoms with van der Waals surface area (Å²) in [6.45, 7) is 5.06. The highest BCUT2D eigenvalue weighted by Crippen LogP contribution is 2.70. The Morgan fingerprint density at radius 3 is 2.63 bits per heavy atom. The number of carbonyl (C=O) groups is 3. The van der Waals surface area contributed by atoms with E-state index in [1.165, 1.54) is 23.6 Å². The summed E-state index contributed by atoms with van der Waals surface area (Å²) in [5, 5.41) is 9.63. The molecule has 1 aromatic rings. The molecule has 1 aromatic carbocycles. The van der Waals surface area contributed by atoms with Crippen molar-refractivity contribution in [1.82, 2.24) is 0 Å². The molecule has 0 aliphatic heterocycles. The maximum Gasteiger partial charge on any atom is 0.303 e. The number of ketones is 2. The first-order valence-corrected chi connectivity index (χ1v) is 13.7. The molecule has 0 bridgehead atoms. The zero-order valence-electron chi connectivity index (χ0n) is 22.5. The van der Waals surface area contributed by atoms with Gasteiger partial charge in [0.15, 0.2) is 18.2 Å². The number of anilines is 1. The lowest BCUT2D eigenvalue weighted by atomic mass is 9.47. The molecule has 0 spiro atoms. The average Bonchev–Trinajstić information content (AvgIpc) is 3.19. The summed E-state index contributed by atoms with van der Waals surface area (Å²) >= 11 is 0. The molecule has 6 heteroatoms. The molecular formula is C32H37NO5. The molecule has 6 nitrogen and oxygen atoms in total. The van der Waals surface area contributed by atoms with Crippen LogP contribution < -0.4 is 5.73 Å². The van der Waals surface area contributed by atoms with Crippen molar-refractivity contribution in [2.24, 2.45) is 28.6 Å². The van der Waals surface area contributed by atoms with Gasteiger partial charge in [0.2, 0.25) is 0 Å². The fourth-order valence-electron chi connectivity index (χ4n) is 8.22. The highest BCUT2D eigenvalue weighted by atomic mass is 16.5. The van der Waals surface area contributed by atoms with Gasteiger partial charge in [-0.05, 0) is 90.2 Å². The Morgan fingerprint density at radius 2 is 1.95 bits per heavy atom. The molecule has 4 aliphatic carbocycles. The van der Waals surface area contributed by atoms with E-state index in [1.54, 1.807) is 0 Å². The number of benzene rings is 1. The number of nitrogen functional groups attached to an aromatic ring is 1. The number of carbonyl (C=O) groups excluding carboxylic acids is 3. The predicted octanol–water partition coefficient (Wildman–Crippen LogP) is 4.53. The number of aliphatic hydroxyl groups is 1. The molecule has 38 heavy (non-hydrogen) atoms. The number of aliphatic hydroxyl groups excluding tert-OH is 1. The van der Waals surface area contributed by atoms with Crippen LogP contribution in [0.15, 0.2) is 47.1 Å². The van der Waals surface area contributed by atoms with E-state index in [0.29, 0.717) is 24.9 Å². The Labute approximate surface area is 224 Å². The second kappa shape index (κ2) is 9.85. The van der Waals surface area contributed by atoms with Crippen LogP contribution in [0.3, 0.4) is 0 Å². The van der Waals surface area contributed by atoms with Crippen molar-refractivity contribution in [3.8, 4) is 11.8 Å². The molecule has 1 unspecified atom stereocenters. The van der Waals surface area contributed by atoms with Crippen molar-refractivity contribution in [3.63, 3.8) is 0 Å². The van der Waals surface area contributed by atoms with E-state index >= 15 is 0 Å². The first-order valence-electron chi connectivity index (χ1n) is 13.7. The minimum absolute atomic E-state index is 0.0517. The zero-order valence-corrected chi connectivity index (χ0v) is 22.5. The third-order valence-electron chi connectivity index (χ3n) is 9.89. The summed E-state index contributed by atoms with van der Waals surface area (Å²) in [5.41, 5.74) is 10.3. The van der Waals surface area contributed by atoms with Crippen LogP contribution in [0.1, 0.15) is 70.8 Å². The van der Waals surface area contributed by atoms with Crippen LogP contribution in [0.25, 0.3) is 0 Å². The fourth-order valence-corrected chi connectivity index (χ4v) is 8.22. The molecule has 4 aliphatic rings. The maximum atomic E-state index is 13.9. The molecule has 3 N–H and O–H groups in total. The normalized spacial score (nSPS) is 33.8. The van der Waals surface area contributed by atoms with Gasteiger partial charge in [0.05, 0.1) is 5.41 Å². The minimum atomic E-state index is -1.01. The summed E-state index contributed by atoms with van der Waals surface area (Å²) < 4.78 is 5.19. The van der Waals surface area contributed by atoms with Gasteiger partial charge in [-0.2, -0.15) is 0 Å². The largest absolute Gasteiger partial charge is 0.458 e. The van der Waals surface area contributed by atoms with E-state index in [2.05, 4.69) is 37.8 Å². The summed E-state index contributed by atoms with van der Waals surface area (Å²) in [5.74, 6) is 6.35. The van der Waals surface area contributed by atoms with Crippen LogP contribution in [0.2, 0.25) is 0 Å². The number of hydrogen-bond donors (Lipinski definition) is 2. The van der Waals surface area contributed by atoms with E-state index in [0.717, 1.165) is 24.8 Å². The van der Waals surface area contributed by atoms with Crippen molar-refractivity contribution in [3.05, 3.63) is 52.6 Å². The number of nitrogens with two attached hydrogens (primary N) is 1. The van der Waals surface area contributed by atoms with Gasteiger partial charge in [-0.3, -0.25) is 14.4 Å². The number of allylic oxidation sites excluding steroid dienone is 4. The van der Waals surface area contributed by atoms with E-state index in [1.807, 2.05) is 18.2 Å². The first-order chi connectivity index (χ1) is 18.1. The SMILES string of the molecule is CC(=O)OCC(=O)[C@@]1(C#CCO)CC[C@H]2[C@@H]3CC(C)C4=CC(=O)CCC4=C3[C@@H](c3ccc(N)cc3)C[C@@]21C. The molecule has 6 atom stereocenters. The Hall–Kier alpha value is -3.17. The van der Waals surface area contributed by atoms with E-state index in [-0.39, 0.29) is 48.5 Å². The number of esters is 1. The van der Waals surface area contributed by atoms with Crippen molar-refractivity contribution >= 4 is 23.2 Å². The van der Waals surface area contributed by atoms with E-state index in [4.69, 9.17) is 10.5 Å². The van der Waals surface area contributed by atoms with Gasteiger partial charge in [0.25, 0.3) is 0 Å². The third-order valence-corrected chi connectivity index (χ3v) is 9.89. The maximum absolute atomic E-state index is 13.9. The highest BCUT2D eigenvalue weighted by molar-refractivity contribution is 5.93. The summed E-state index contributed by atoms with van der Waals surface area (Å²) in [6.07, 6.45) is 6.20. The zero-order chi connectivity index (χ0) is 27.2.